The van der Waals surface area contributed by atoms with E-state index in [-0.39, 0.29) is 10.7 Å². The molecule has 0 saturated carbocycles. The first-order valence-electron chi connectivity index (χ1n) is 5.39. The Bertz CT molecular complexity index is 781. The van der Waals surface area contributed by atoms with Gasteiger partial charge in [-0.05, 0) is 12.1 Å². The summed E-state index contributed by atoms with van der Waals surface area (Å²) in [5.41, 5.74) is 0.0537. The van der Waals surface area contributed by atoms with Crippen molar-refractivity contribution in [3.8, 4) is 5.82 Å². The van der Waals surface area contributed by atoms with E-state index in [1.54, 1.807) is 24.4 Å². The van der Waals surface area contributed by atoms with Crippen LogP contribution in [0.3, 0.4) is 0 Å². The summed E-state index contributed by atoms with van der Waals surface area (Å²) in [5, 5.41) is 3.14. The number of H-pyrrole nitrogens is 1. The summed E-state index contributed by atoms with van der Waals surface area (Å²) in [5.74, 6) is 0.529. The number of fused-ring (bicyclic) bond motifs is 1. The molecule has 0 aliphatic rings. The number of pyridine rings is 1. The summed E-state index contributed by atoms with van der Waals surface area (Å²) in [6.07, 6.45) is 4.47. The van der Waals surface area contributed by atoms with Crippen molar-refractivity contribution in [2.45, 2.75) is 5.16 Å². The lowest BCUT2D eigenvalue weighted by Crippen LogP contribution is -2.06. The Labute approximate surface area is 110 Å². The predicted molar refractivity (Wildman–Crippen MR) is 69.6 cm³/mol. The molecule has 3 heterocycles. The zero-order chi connectivity index (χ0) is 13.4. The molecule has 1 atom stereocenters. The van der Waals surface area contributed by atoms with Crippen molar-refractivity contribution in [1.82, 2.24) is 24.7 Å². The number of aromatic amines is 1. The molecule has 0 radical (unpaired) electrons. The molecular weight excluding hydrogens is 266 g/mol. The second-order valence-corrected chi connectivity index (χ2v) is 5.08. The lowest BCUT2D eigenvalue weighted by Gasteiger charge is -2.03. The van der Waals surface area contributed by atoms with Crippen molar-refractivity contribution in [3.63, 3.8) is 0 Å². The third-order valence-electron chi connectivity index (χ3n) is 2.55. The second kappa shape index (κ2) is 4.48. The molecule has 19 heavy (non-hydrogen) atoms. The van der Waals surface area contributed by atoms with Crippen molar-refractivity contribution in [1.29, 1.82) is 0 Å². The fraction of sp³-hybridized carbons (Fsp3) is 0.0909. The van der Waals surface area contributed by atoms with Crippen LogP contribution in [0, 0.1) is 0 Å². The van der Waals surface area contributed by atoms with Crippen molar-refractivity contribution in [2.24, 2.45) is 0 Å². The summed E-state index contributed by atoms with van der Waals surface area (Å²) in [6.45, 7) is 0. The van der Waals surface area contributed by atoms with Crippen LogP contribution in [0.25, 0.3) is 16.9 Å². The number of hydrogen-bond acceptors (Lipinski definition) is 5. The highest BCUT2D eigenvalue weighted by atomic mass is 32.2. The van der Waals surface area contributed by atoms with E-state index in [0.29, 0.717) is 16.9 Å². The van der Waals surface area contributed by atoms with Gasteiger partial charge in [0.1, 0.15) is 11.6 Å². The van der Waals surface area contributed by atoms with Crippen molar-refractivity contribution in [3.05, 3.63) is 40.9 Å². The first-order chi connectivity index (χ1) is 9.16. The van der Waals surface area contributed by atoms with Crippen LogP contribution in [0.5, 0.6) is 0 Å². The number of rotatable bonds is 2. The van der Waals surface area contributed by atoms with Gasteiger partial charge < -0.3 is 4.55 Å². The molecule has 0 bridgehead atoms. The molecular formula is C11H9N5O2S. The average Bonchev–Trinajstić information content (AvgIpc) is 2.77. The summed E-state index contributed by atoms with van der Waals surface area (Å²) in [4.78, 5) is 24.0. The van der Waals surface area contributed by atoms with Gasteiger partial charge >= 0.3 is 5.16 Å². The van der Waals surface area contributed by atoms with Crippen LogP contribution in [0.1, 0.15) is 0 Å². The lowest BCUT2D eigenvalue weighted by molar-refractivity contribution is 0.592. The fourth-order valence-electron chi connectivity index (χ4n) is 1.69. The minimum atomic E-state index is -1.31. The molecule has 0 saturated heterocycles. The van der Waals surface area contributed by atoms with Crippen molar-refractivity contribution in [2.75, 3.05) is 6.26 Å². The maximum absolute atomic E-state index is 11.8. The first-order valence-corrected chi connectivity index (χ1v) is 6.95. The average molecular weight is 275 g/mol. The van der Waals surface area contributed by atoms with E-state index in [4.69, 9.17) is 0 Å². The largest absolute Gasteiger partial charge is 0.609 e. The minimum Gasteiger partial charge on any atom is -0.609 e. The van der Waals surface area contributed by atoms with E-state index in [1.165, 1.54) is 17.1 Å². The normalized spacial score (nSPS) is 12.7. The van der Waals surface area contributed by atoms with Crippen LogP contribution in [-0.2, 0) is 11.2 Å². The monoisotopic (exact) mass is 275 g/mol. The van der Waals surface area contributed by atoms with Crippen LogP contribution in [0.4, 0.5) is 0 Å². The van der Waals surface area contributed by atoms with Gasteiger partial charge in [0, 0.05) is 17.4 Å². The summed E-state index contributed by atoms with van der Waals surface area (Å²) >= 11 is -1.31. The molecule has 7 nitrogen and oxygen atoms in total. The number of aromatic nitrogens is 5. The van der Waals surface area contributed by atoms with Crippen LogP contribution in [0.15, 0.2) is 40.5 Å². The highest BCUT2D eigenvalue weighted by Crippen LogP contribution is 2.12. The molecule has 1 unspecified atom stereocenters. The Morgan fingerprint density at radius 2 is 2.21 bits per heavy atom. The van der Waals surface area contributed by atoms with Gasteiger partial charge in [0.2, 0.25) is 0 Å². The topological polar surface area (TPSA) is 99.5 Å². The van der Waals surface area contributed by atoms with E-state index in [9.17, 15) is 9.35 Å². The molecule has 0 aromatic carbocycles. The zero-order valence-electron chi connectivity index (χ0n) is 9.90. The number of nitrogens with zero attached hydrogens (tertiary/aromatic N) is 4. The van der Waals surface area contributed by atoms with E-state index in [1.807, 2.05) is 0 Å². The molecule has 3 aromatic rings. The molecule has 0 fully saturated rings. The quantitative estimate of drug-likeness (QED) is 0.533. The molecule has 0 aliphatic heterocycles. The minimum absolute atomic E-state index is 0.177. The molecule has 8 heteroatoms. The summed E-state index contributed by atoms with van der Waals surface area (Å²) < 4.78 is 12.9. The molecule has 1 N–H and O–H groups in total. The Morgan fingerprint density at radius 1 is 1.37 bits per heavy atom. The van der Waals surface area contributed by atoms with Gasteiger partial charge in [0.05, 0.1) is 6.20 Å². The van der Waals surface area contributed by atoms with Crippen LogP contribution in [-0.4, -0.2) is 35.5 Å². The van der Waals surface area contributed by atoms with E-state index < -0.39 is 11.2 Å². The molecule has 0 aliphatic carbocycles. The Balaban J connectivity index is 2.31. The van der Waals surface area contributed by atoms with Gasteiger partial charge in [-0.3, -0.25) is 9.89 Å². The lowest BCUT2D eigenvalue weighted by atomic mass is 10.4. The SMILES string of the molecule is C[S+]([O-])c1ncc2c(=O)[nH]n(-c3ccccn3)c2n1. The Kier molecular flexibility index (Phi) is 2.80. The van der Waals surface area contributed by atoms with Gasteiger partial charge in [0.15, 0.2) is 11.5 Å². The fourth-order valence-corrected chi connectivity index (χ4v) is 2.11. The molecule has 0 spiro atoms. The third kappa shape index (κ3) is 2.00. The van der Waals surface area contributed by atoms with E-state index >= 15 is 0 Å². The zero-order valence-corrected chi connectivity index (χ0v) is 10.7. The van der Waals surface area contributed by atoms with Crippen LogP contribution < -0.4 is 5.56 Å². The van der Waals surface area contributed by atoms with Gasteiger partial charge in [0.25, 0.3) is 5.56 Å². The van der Waals surface area contributed by atoms with Gasteiger partial charge in [-0.2, -0.15) is 9.97 Å². The van der Waals surface area contributed by atoms with E-state index in [0.717, 1.165) is 0 Å². The van der Waals surface area contributed by atoms with Gasteiger partial charge in [-0.25, -0.2) is 9.67 Å². The molecule has 0 amide bonds. The van der Waals surface area contributed by atoms with Crippen molar-refractivity contribution >= 4 is 22.2 Å². The molecule has 96 valence electrons. The Hall–Kier alpha value is -2.19. The van der Waals surface area contributed by atoms with Crippen molar-refractivity contribution < 1.29 is 4.55 Å². The highest BCUT2D eigenvalue weighted by Gasteiger charge is 2.15. The van der Waals surface area contributed by atoms with Crippen LogP contribution >= 0.6 is 0 Å². The summed E-state index contributed by atoms with van der Waals surface area (Å²) in [6, 6.07) is 5.31. The van der Waals surface area contributed by atoms with Gasteiger partial charge in [-0.15, -0.1) is 0 Å². The highest BCUT2D eigenvalue weighted by molar-refractivity contribution is 7.90. The Morgan fingerprint density at radius 3 is 2.89 bits per heavy atom. The van der Waals surface area contributed by atoms with Gasteiger partial charge in [-0.1, -0.05) is 6.07 Å². The standard InChI is InChI=1S/C11H9N5O2S/c1-19(18)11-13-6-7-9(14-11)16(15-10(7)17)8-4-2-3-5-12-8/h2-6H,1H3,(H,15,17). The van der Waals surface area contributed by atoms with E-state index in [2.05, 4.69) is 20.1 Å². The maximum Gasteiger partial charge on any atom is 0.344 e. The summed E-state index contributed by atoms with van der Waals surface area (Å²) in [7, 11) is 0. The number of nitrogens with one attached hydrogen (secondary N) is 1. The maximum atomic E-state index is 11.8. The van der Waals surface area contributed by atoms with Crippen LogP contribution in [0.2, 0.25) is 0 Å². The predicted octanol–water partition coefficient (Wildman–Crippen LogP) is 0.241. The second-order valence-electron chi connectivity index (χ2n) is 3.81. The molecule has 3 aromatic heterocycles. The third-order valence-corrected chi connectivity index (χ3v) is 3.26. The smallest absolute Gasteiger partial charge is 0.344 e. The first kappa shape index (κ1) is 11.9. The number of hydrogen-bond donors (Lipinski definition) is 1. The molecule has 3 rings (SSSR count).